The highest BCUT2D eigenvalue weighted by Gasteiger charge is 2.21. The summed E-state index contributed by atoms with van der Waals surface area (Å²) in [5.41, 5.74) is 1.56. The largest absolute Gasteiger partial charge is 0.491 e. The molecule has 33 heavy (non-hydrogen) atoms. The maximum Gasteiger partial charge on any atom is 0.309 e. The van der Waals surface area contributed by atoms with E-state index < -0.39 is 5.97 Å². The fourth-order valence-corrected chi connectivity index (χ4v) is 4.09. The molecule has 1 aliphatic heterocycles. The number of piperidine rings is 1. The van der Waals surface area contributed by atoms with Crippen molar-refractivity contribution in [3.63, 3.8) is 0 Å². The van der Waals surface area contributed by atoms with Crippen LogP contribution in [0, 0.1) is 0 Å². The Morgan fingerprint density at radius 2 is 1.70 bits per heavy atom. The maximum atomic E-state index is 11.0. The van der Waals surface area contributed by atoms with Crippen molar-refractivity contribution >= 4 is 23.4 Å². The molecule has 0 spiro atoms. The fraction of sp³-hybridized carbons (Fsp3) is 0.542. The number of rotatable bonds is 10. The van der Waals surface area contributed by atoms with Crippen LogP contribution in [0.5, 0.6) is 11.5 Å². The third-order valence-corrected chi connectivity index (χ3v) is 5.28. The third kappa shape index (κ3) is 8.37. The van der Waals surface area contributed by atoms with Crippen LogP contribution < -0.4 is 14.8 Å². The number of benzene rings is 1. The van der Waals surface area contributed by atoms with Crippen LogP contribution in [0.15, 0.2) is 24.3 Å². The van der Waals surface area contributed by atoms with E-state index in [1.807, 2.05) is 33.8 Å². The van der Waals surface area contributed by atoms with E-state index in [1.54, 1.807) is 6.07 Å². The van der Waals surface area contributed by atoms with Crippen molar-refractivity contribution in [3.05, 3.63) is 40.8 Å². The summed E-state index contributed by atoms with van der Waals surface area (Å²) in [6, 6.07) is 8.02. The van der Waals surface area contributed by atoms with Gasteiger partial charge in [0.1, 0.15) is 17.3 Å². The summed E-state index contributed by atoms with van der Waals surface area (Å²) >= 11 is 5.97. The molecule has 2 N–H and O–H groups in total. The molecule has 1 saturated heterocycles. The molecule has 0 unspecified atom stereocenters. The number of nitrogens with one attached hydrogen (secondary N) is 1. The highest BCUT2D eigenvalue weighted by atomic mass is 35.5. The van der Waals surface area contributed by atoms with Crippen molar-refractivity contribution in [2.24, 2.45) is 0 Å². The average Bonchev–Trinajstić information content (AvgIpc) is 2.67. The Balaban J connectivity index is 1.59. The second kappa shape index (κ2) is 11.5. The molecule has 1 aromatic heterocycles. The molecule has 0 aliphatic carbocycles. The number of nitrogens with zero attached hydrogens (tertiary/aromatic N) is 3. The summed E-state index contributed by atoms with van der Waals surface area (Å²) in [5.74, 6) is 1.27. The Kier molecular flexibility index (Phi) is 8.74. The molecule has 0 radical (unpaired) electrons. The molecule has 0 atom stereocenters. The van der Waals surface area contributed by atoms with Crippen molar-refractivity contribution in [2.45, 2.75) is 71.8 Å². The molecule has 180 valence electrons. The lowest BCUT2D eigenvalue weighted by Crippen LogP contribution is -2.38. The van der Waals surface area contributed by atoms with E-state index in [0.717, 1.165) is 49.5 Å². The molecule has 1 aromatic carbocycles. The zero-order chi connectivity index (χ0) is 24.0. The van der Waals surface area contributed by atoms with Gasteiger partial charge in [0.15, 0.2) is 0 Å². The van der Waals surface area contributed by atoms with Crippen LogP contribution in [0.4, 0.5) is 5.82 Å². The van der Waals surface area contributed by atoms with Gasteiger partial charge in [-0.3, -0.25) is 9.69 Å². The number of hydrogen-bond donors (Lipinski definition) is 2. The fourth-order valence-electron chi connectivity index (χ4n) is 3.89. The molecule has 8 nitrogen and oxygen atoms in total. The van der Waals surface area contributed by atoms with Crippen molar-refractivity contribution in [3.8, 4) is 11.5 Å². The van der Waals surface area contributed by atoms with Gasteiger partial charge in [-0.05, 0) is 69.8 Å². The van der Waals surface area contributed by atoms with Crippen molar-refractivity contribution in [1.29, 1.82) is 0 Å². The summed E-state index contributed by atoms with van der Waals surface area (Å²) in [6.45, 7) is 10.7. The highest BCUT2D eigenvalue weighted by molar-refractivity contribution is 6.28. The molecule has 1 aliphatic rings. The SMILES string of the molecule is CC(C)Oc1cc(CN2CCC(Nc3cc(CC(=O)O)nc(Cl)n3)CC2)cc(OC(C)C)c1. The molecule has 2 heterocycles. The van der Waals surface area contributed by atoms with Gasteiger partial charge < -0.3 is 19.9 Å². The summed E-state index contributed by atoms with van der Waals surface area (Å²) in [4.78, 5) is 21.6. The van der Waals surface area contributed by atoms with Crippen LogP contribution in [0.2, 0.25) is 5.28 Å². The number of carboxylic acids is 1. The van der Waals surface area contributed by atoms with Gasteiger partial charge in [0.25, 0.3) is 0 Å². The lowest BCUT2D eigenvalue weighted by atomic mass is 10.0. The number of carboxylic acid groups (broad SMARTS) is 1. The van der Waals surface area contributed by atoms with E-state index in [-0.39, 0.29) is 30.0 Å². The van der Waals surface area contributed by atoms with Gasteiger partial charge >= 0.3 is 5.97 Å². The molecule has 0 amide bonds. The molecule has 0 bridgehead atoms. The average molecular weight is 477 g/mol. The first-order valence-corrected chi connectivity index (χ1v) is 11.8. The highest BCUT2D eigenvalue weighted by Crippen LogP contribution is 2.27. The van der Waals surface area contributed by atoms with E-state index in [1.165, 1.54) is 0 Å². The summed E-state index contributed by atoms with van der Waals surface area (Å²) in [7, 11) is 0. The minimum Gasteiger partial charge on any atom is -0.491 e. The number of aromatic nitrogens is 2. The van der Waals surface area contributed by atoms with Crippen molar-refractivity contribution in [2.75, 3.05) is 18.4 Å². The van der Waals surface area contributed by atoms with E-state index >= 15 is 0 Å². The van der Waals surface area contributed by atoms with Crippen LogP contribution in [0.1, 0.15) is 51.8 Å². The van der Waals surface area contributed by atoms with Crippen molar-refractivity contribution < 1.29 is 19.4 Å². The summed E-state index contributed by atoms with van der Waals surface area (Å²) < 4.78 is 11.8. The quantitative estimate of drug-likeness (QED) is 0.487. The zero-order valence-corrected chi connectivity index (χ0v) is 20.4. The molecule has 1 fully saturated rings. The standard InChI is InChI=1S/C24H33ClN4O4/c1-15(2)32-20-9-17(10-21(13-20)33-16(3)4)14-29-7-5-18(6-8-29)26-22-11-19(12-23(30)31)27-24(25)28-22/h9-11,13,15-16,18H,5-8,12,14H2,1-4H3,(H,30,31)(H,26,27,28). The normalized spacial score (nSPS) is 15.1. The van der Waals surface area contributed by atoms with Gasteiger partial charge in [0.05, 0.1) is 24.3 Å². The predicted octanol–water partition coefficient (Wildman–Crippen LogP) is 4.41. The molecule has 2 aromatic rings. The topological polar surface area (TPSA) is 96.8 Å². The second-order valence-corrected chi connectivity index (χ2v) is 9.26. The first-order valence-electron chi connectivity index (χ1n) is 11.4. The third-order valence-electron chi connectivity index (χ3n) is 5.11. The second-order valence-electron chi connectivity index (χ2n) is 8.92. The molecular weight excluding hydrogens is 444 g/mol. The monoisotopic (exact) mass is 476 g/mol. The van der Waals surface area contributed by atoms with Crippen LogP contribution in [0.3, 0.4) is 0 Å². The van der Waals surface area contributed by atoms with Crippen LogP contribution in [-0.2, 0) is 17.8 Å². The minimum absolute atomic E-state index is 0.0524. The Labute approximate surface area is 200 Å². The number of carbonyl (C=O) groups is 1. The summed E-state index contributed by atoms with van der Waals surface area (Å²) in [6.07, 6.45) is 1.89. The lowest BCUT2D eigenvalue weighted by molar-refractivity contribution is -0.136. The number of hydrogen-bond acceptors (Lipinski definition) is 7. The van der Waals surface area contributed by atoms with Crippen molar-refractivity contribution in [1.82, 2.24) is 14.9 Å². The maximum absolute atomic E-state index is 11.0. The Morgan fingerprint density at radius 1 is 1.09 bits per heavy atom. The predicted molar refractivity (Wildman–Crippen MR) is 128 cm³/mol. The van der Waals surface area contributed by atoms with Gasteiger partial charge in [-0.15, -0.1) is 0 Å². The summed E-state index contributed by atoms with van der Waals surface area (Å²) in [5, 5.41) is 12.4. The van der Waals surface area contributed by atoms with Gasteiger partial charge in [-0.25, -0.2) is 9.97 Å². The van der Waals surface area contributed by atoms with E-state index in [9.17, 15) is 4.79 Å². The van der Waals surface area contributed by atoms with Gasteiger partial charge in [-0.2, -0.15) is 0 Å². The Morgan fingerprint density at radius 3 is 2.24 bits per heavy atom. The number of likely N-dealkylation sites (tertiary alicyclic amines) is 1. The van der Waals surface area contributed by atoms with Gasteiger partial charge in [-0.1, -0.05) is 0 Å². The lowest BCUT2D eigenvalue weighted by Gasteiger charge is -2.32. The van der Waals surface area contributed by atoms with Crippen LogP contribution in [-0.4, -0.2) is 57.3 Å². The smallest absolute Gasteiger partial charge is 0.309 e. The molecule has 0 saturated carbocycles. The zero-order valence-electron chi connectivity index (χ0n) is 19.7. The van der Waals surface area contributed by atoms with Gasteiger partial charge in [0.2, 0.25) is 5.28 Å². The number of ether oxygens (including phenoxy) is 2. The first-order chi connectivity index (χ1) is 15.7. The Bertz CT molecular complexity index is 918. The van der Waals surface area contributed by atoms with E-state index in [4.69, 9.17) is 26.2 Å². The van der Waals surface area contributed by atoms with Crippen LogP contribution >= 0.6 is 11.6 Å². The number of halogens is 1. The first kappa shape index (κ1) is 25.1. The van der Waals surface area contributed by atoms with E-state index in [2.05, 4.69) is 32.3 Å². The molecule has 9 heteroatoms. The molecule has 3 rings (SSSR count). The number of aliphatic carboxylic acids is 1. The Hall–Kier alpha value is -2.58. The van der Waals surface area contributed by atoms with E-state index in [0.29, 0.717) is 11.5 Å². The van der Waals surface area contributed by atoms with Gasteiger partial charge in [0, 0.05) is 37.8 Å². The minimum atomic E-state index is -0.950. The van der Waals surface area contributed by atoms with Crippen LogP contribution in [0.25, 0.3) is 0 Å². The molecular formula is C24H33ClN4O4. The number of anilines is 1.